The number of hydrogen-bond acceptors (Lipinski definition) is 1. The van der Waals surface area contributed by atoms with Crippen molar-refractivity contribution in [1.82, 2.24) is 4.98 Å². The zero-order valence-electron chi connectivity index (χ0n) is 8.33. The highest BCUT2D eigenvalue weighted by Crippen LogP contribution is 2.25. The molecule has 2 nitrogen and oxygen atoms in total. The van der Waals surface area contributed by atoms with Crippen molar-refractivity contribution in [2.24, 2.45) is 0 Å². The van der Waals surface area contributed by atoms with Crippen molar-refractivity contribution in [2.45, 2.75) is 0 Å². The van der Waals surface area contributed by atoms with Crippen LogP contribution in [0.3, 0.4) is 0 Å². The van der Waals surface area contributed by atoms with Crippen molar-refractivity contribution in [3.05, 3.63) is 57.8 Å². The van der Waals surface area contributed by atoms with Crippen LogP contribution in [-0.2, 0) is 0 Å². The molecule has 0 bridgehead atoms. The lowest BCUT2D eigenvalue weighted by Gasteiger charge is -2.04. The van der Waals surface area contributed by atoms with Gasteiger partial charge in [0.25, 0.3) is 5.56 Å². The normalized spacial score (nSPS) is 11.1. The summed E-state index contributed by atoms with van der Waals surface area (Å²) in [5.41, 5.74) is 0.696. The van der Waals surface area contributed by atoms with E-state index in [9.17, 15) is 4.79 Å². The van der Waals surface area contributed by atoms with Gasteiger partial charge in [-0.3, -0.25) is 4.79 Å². The quantitative estimate of drug-likeness (QED) is 0.590. The zero-order valence-corrected chi connectivity index (χ0v) is 9.08. The molecule has 0 atom stereocenters. The molecule has 0 aliphatic heterocycles. The minimum atomic E-state index is -0.140. The van der Waals surface area contributed by atoms with Crippen molar-refractivity contribution in [2.75, 3.05) is 0 Å². The number of fused-ring (bicyclic) bond motifs is 3. The molecule has 1 heterocycles. The Morgan fingerprint density at radius 1 is 0.938 bits per heavy atom. The van der Waals surface area contributed by atoms with E-state index in [1.165, 1.54) is 0 Å². The number of hydrogen-bond donors (Lipinski definition) is 1. The third-order valence-corrected chi connectivity index (χ3v) is 3.02. The molecule has 1 aromatic heterocycles. The maximum absolute atomic E-state index is 11.9. The van der Waals surface area contributed by atoms with E-state index in [0.717, 1.165) is 16.3 Å². The molecule has 0 radical (unpaired) electrons. The van der Waals surface area contributed by atoms with Gasteiger partial charge < -0.3 is 4.98 Å². The molecule has 0 aliphatic rings. The highest BCUT2D eigenvalue weighted by atomic mass is 35.5. The molecule has 0 aliphatic carbocycles. The predicted molar refractivity (Wildman–Crippen MR) is 67.1 cm³/mol. The van der Waals surface area contributed by atoms with E-state index in [1.54, 1.807) is 6.07 Å². The molecule has 0 unspecified atom stereocenters. The van der Waals surface area contributed by atoms with Gasteiger partial charge in [0.1, 0.15) is 0 Å². The fourth-order valence-electron chi connectivity index (χ4n) is 1.99. The van der Waals surface area contributed by atoms with Gasteiger partial charge in [-0.15, -0.1) is 0 Å². The Hall–Kier alpha value is -1.80. The summed E-state index contributed by atoms with van der Waals surface area (Å²) in [5, 5.41) is 2.96. The Labute approximate surface area is 96.5 Å². The molecule has 3 heteroatoms. The molecular weight excluding hydrogens is 222 g/mol. The van der Waals surface area contributed by atoms with Crippen LogP contribution in [0.1, 0.15) is 0 Å². The highest BCUT2D eigenvalue weighted by molar-refractivity contribution is 6.36. The van der Waals surface area contributed by atoms with E-state index < -0.39 is 0 Å². The summed E-state index contributed by atoms with van der Waals surface area (Å²) in [5.74, 6) is 0. The smallest absolute Gasteiger partial charge is 0.257 e. The van der Waals surface area contributed by atoms with Gasteiger partial charge in [-0.25, -0.2) is 0 Å². The van der Waals surface area contributed by atoms with Gasteiger partial charge in [0.15, 0.2) is 0 Å². The van der Waals surface area contributed by atoms with E-state index in [1.807, 2.05) is 36.4 Å². The lowest BCUT2D eigenvalue weighted by molar-refractivity contribution is 1.34. The lowest BCUT2D eigenvalue weighted by Crippen LogP contribution is -2.06. The summed E-state index contributed by atoms with van der Waals surface area (Å²) in [6, 6.07) is 13.2. The fraction of sp³-hybridized carbons (Fsp3) is 0. The molecule has 0 saturated heterocycles. The van der Waals surface area contributed by atoms with Crippen molar-refractivity contribution in [1.29, 1.82) is 0 Å². The molecule has 0 saturated carbocycles. The predicted octanol–water partition coefficient (Wildman–Crippen LogP) is 3.33. The van der Waals surface area contributed by atoms with Crippen LogP contribution in [0.15, 0.2) is 47.3 Å². The van der Waals surface area contributed by atoms with E-state index in [2.05, 4.69) is 4.98 Å². The summed E-state index contributed by atoms with van der Waals surface area (Å²) in [4.78, 5) is 14.7. The molecule has 3 aromatic rings. The van der Waals surface area contributed by atoms with Crippen molar-refractivity contribution in [3.8, 4) is 0 Å². The van der Waals surface area contributed by atoms with Crippen molar-refractivity contribution < 1.29 is 0 Å². The molecule has 2 aromatic carbocycles. The molecule has 1 N–H and O–H groups in total. The molecule has 0 fully saturated rings. The molecular formula is C13H8ClNO. The maximum Gasteiger partial charge on any atom is 0.257 e. The van der Waals surface area contributed by atoms with Gasteiger partial charge >= 0.3 is 0 Å². The molecule has 16 heavy (non-hydrogen) atoms. The van der Waals surface area contributed by atoms with Crippen LogP contribution in [0.5, 0.6) is 0 Å². The van der Waals surface area contributed by atoms with Crippen LogP contribution in [0, 0.1) is 0 Å². The van der Waals surface area contributed by atoms with Crippen molar-refractivity contribution in [3.63, 3.8) is 0 Å². The first-order valence-corrected chi connectivity index (χ1v) is 5.34. The number of rotatable bonds is 0. The molecule has 3 rings (SSSR count). The number of aromatic amines is 1. The number of aromatic nitrogens is 1. The first-order valence-electron chi connectivity index (χ1n) is 4.96. The minimum absolute atomic E-state index is 0.140. The first-order chi connectivity index (χ1) is 7.77. The Bertz CT molecular complexity index is 746. The second-order valence-electron chi connectivity index (χ2n) is 3.66. The fourth-order valence-corrected chi connectivity index (χ4v) is 2.25. The summed E-state index contributed by atoms with van der Waals surface area (Å²) >= 11 is 6.04. The third-order valence-electron chi connectivity index (χ3n) is 2.71. The maximum atomic E-state index is 11.9. The van der Waals surface area contributed by atoms with E-state index >= 15 is 0 Å². The standard InChI is InChI=1S/C13H8ClNO/c14-10-6-3-5-9-8-4-1-2-7-11(8)15-13(16)12(9)10/h1-7H,(H,15,16). The summed E-state index contributed by atoms with van der Waals surface area (Å²) in [6.45, 7) is 0. The van der Waals surface area contributed by atoms with E-state index in [4.69, 9.17) is 11.6 Å². The van der Waals surface area contributed by atoms with Gasteiger partial charge in [-0.1, -0.05) is 41.9 Å². The average molecular weight is 230 g/mol. The van der Waals surface area contributed by atoms with Gasteiger partial charge in [-0.05, 0) is 17.5 Å². The minimum Gasteiger partial charge on any atom is -0.321 e. The number of halogens is 1. The molecule has 0 spiro atoms. The SMILES string of the molecule is O=c1[nH]c2ccccc2c2cccc(Cl)c12. The van der Waals surface area contributed by atoms with E-state index in [0.29, 0.717) is 10.4 Å². The van der Waals surface area contributed by atoms with Crippen LogP contribution in [-0.4, -0.2) is 4.98 Å². The molecule has 78 valence electrons. The summed E-state index contributed by atoms with van der Waals surface area (Å²) in [7, 11) is 0. The molecule has 0 amide bonds. The highest BCUT2D eigenvalue weighted by Gasteiger charge is 2.06. The largest absolute Gasteiger partial charge is 0.321 e. The summed E-state index contributed by atoms with van der Waals surface area (Å²) < 4.78 is 0. The number of nitrogens with one attached hydrogen (secondary N) is 1. The van der Waals surface area contributed by atoms with Crippen LogP contribution in [0.4, 0.5) is 0 Å². The van der Waals surface area contributed by atoms with E-state index in [-0.39, 0.29) is 5.56 Å². The Morgan fingerprint density at radius 3 is 2.56 bits per heavy atom. The van der Waals surface area contributed by atoms with Crippen LogP contribution >= 0.6 is 11.6 Å². The topological polar surface area (TPSA) is 32.9 Å². The Morgan fingerprint density at radius 2 is 1.69 bits per heavy atom. The number of para-hydroxylation sites is 1. The second kappa shape index (κ2) is 3.35. The monoisotopic (exact) mass is 229 g/mol. The lowest BCUT2D eigenvalue weighted by atomic mass is 10.1. The number of H-pyrrole nitrogens is 1. The van der Waals surface area contributed by atoms with Gasteiger partial charge in [0, 0.05) is 10.9 Å². The van der Waals surface area contributed by atoms with Gasteiger partial charge in [0.2, 0.25) is 0 Å². The Kier molecular flexibility index (Phi) is 1.98. The summed E-state index contributed by atoms with van der Waals surface area (Å²) in [6.07, 6.45) is 0. The average Bonchev–Trinajstić information content (AvgIpc) is 2.29. The van der Waals surface area contributed by atoms with Crippen LogP contribution < -0.4 is 5.56 Å². The Balaban J connectivity index is 2.71. The van der Waals surface area contributed by atoms with Gasteiger partial charge in [-0.2, -0.15) is 0 Å². The van der Waals surface area contributed by atoms with Crippen LogP contribution in [0.25, 0.3) is 21.7 Å². The van der Waals surface area contributed by atoms with Crippen molar-refractivity contribution >= 4 is 33.3 Å². The van der Waals surface area contributed by atoms with Crippen LogP contribution in [0.2, 0.25) is 5.02 Å². The first kappa shape index (κ1) is 9.43. The van der Waals surface area contributed by atoms with Gasteiger partial charge in [0.05, 0.1) is 10.4 Å². The zero-order chi connectivity index (χ0) is 11.1. The third kappa shape index (κ3) is 1.24. The second-order valence-corrected chi connectivity index (χ2v) is 4.07. The number of pyridine rings is 1. The number of benzene rings is 2.